The average Bonchev–Trinajstić information content (AvgIpc) is 2.88. The Kier molecular flexibility index (Phi) is 2.90. The van der Waals surface area contributed by atoms with Crippen molar-refractivity contribution in [3.8, 4) is 0 Å². The molecule has 3 rings (SSSR count). The predicted molar refractivity (Wildman–Crippen MR) is 77.1 cm³/mol. The quantitative estimate of drug-likeness (QED) is 0.856. The van der Waals surface area contributed by atoms with Crippen LogP contribution in [0.25, 0.3) is 10.9 Å². The third-order valence-electron chi connectivity index (χ3n) is 4.16. The number of nitrogens with one attached hydrogen (secondary N) is 1. The second-order valence-electron chi connectivity index (χ2n) is 5.81. The zero-order valence-electron chi connectivity index (χ0n) is 11.6. The third kappa shape index (κ3) is 1.95. The maximum absolute atomic E-state index is 3.46. The molecular weight excluding hydrogens is 220 g/mol. The van der Waals surface area contributed by atoms with Gasteiger partial charge in [0.15, 0.2) is 0 Å². The number of hydrogen-bond acceptors (Lipinski definition) is 1. The van der Waals surface area contributed by atoms with Gasteiger partial charge in [0, 0.05) is 18.6 Å². The molecule has 0 saturated carbocycles. The molecule has 0 aliphatic carbocycles. The molecule has 1 aliphatic rings. The van der Waals surface area contributed by atoms with Gasteiger partial charge in [-0.1, -0.05) is 11.6 Å². The number of benzene rings is 1. The highest BCUT2D eigenvalue weighted by Gasteiger charge is 2.18. The van der Waals surface area contributed by atoms with E-state index >= 15 is 0 Å². The fraction of sp³-hybridized carbons (Fsp3) is 0.500. The molecule has 1 N–H and O–H groups in total. The Balaban J connectivity index is 2.06. The van der Waals surface area contributed by atoms with Crippen molar-refractivity contribution in [2.45, 2.75) is 26.7 Å². The van der Waals surface area contributed by atoms with Crippen molar-refractivity contribution in [1.29, 1.82) is 0 Å². The minimum Gasteiger partial charge on any atom is -0.350 e. The van der Waals surface area contributed by atoms with Crippen LogP contribution in [0.5, 0.6) is 0 Å². The van der Waals surface area contributed by atoms with E-state index in [9.17, 15) is 0 Å². The Morgan fingerprint density at radius 3 is 2.89 bits per heavy atom. The first-order chi connectivity index (χ1) is 8.65. The lowest BCUT2D eigenvalue weighted by Gasteiger charge is -2.07. The van der Waals surface area contributed by atoms with Crippen molar-refractivity contribution < 1.29 is 0 Å². The molecule has 0 bridgehead atoms. The Morgan fingerprint density at radius 1 is 1.33 bits per heavy atom. The molecule has 2 nitrogen and oxygen atoms in total. The van der Waals surface area contributed by atoms with Crippen LogP contribution >= 0.6 is 0 Å². The number of aromatic nitrogens is 1. The third-order valence-corrected chi connectivity index (χ3v) is 4.16. The molecule has 2 aromatic rings. The lowest BCUT2D eigenvalue weighted by molar-refractivity contribution is 0.581. The van der Waals surface area contributed by atoms with Gasteiger partial charge in [0.2, 0.25) is 0 Å². The van der Waals surface area contributed by atoms with Crippen LogP contribution in [0.3, 0.4) is 0 Å². The number of hydrogen-bond donors (Lipinski definition) is 1. The first-order valence-corrected chi connectivity index (χ1v) is 6.91. The fourth-order valence-electron chi connectivity index (χ4n) is 3.40. The Labute approximate surface area is 109 Å². The SMILES string of the molecule is Cc1cc(C)c2c(c1)c(CC1CCNC1)cn2C. The summed E-state index contributed by atoms with van der Waals surface area (Å²) in [4.78, 5) is 0. The zero-order chi connectivity index (χ0) is 12.7. The standard InChI is InChI=1S/C16H22N2/c1-11-6-12(2)16-15(7-11)14(10-18(16)3)8-13-4-5-17-9-13/h6-7,10,13,17H,4-5,8-9H2,1-3H3. The number of nitrogens with zero attached hydrogens (tertiary/aromatic N) is 1. The summed E-state index contributed by atoms with van der Waals surface area (Å²) in [5.74, 6) is 0.816. The lowest BCUT2D eigenvalue weighted by Crippen LogP contribution is -2.10. The van der Waals surface area contributed by atoms with Crippen molar-refractivity contribution in [3.05, 3.63) is 35.0 Å². The van der Waals surface area contributed by atoms with E-state index in [4.69, 9.17) is 0 Å². The summed E-state index contributed by atoms with van der Waals surface area (Å²) in [6.07, 6.45) is 4.86. The zero-order valence-corrected chi connectivity index (χ0v) is 11.6. The summed E-state index contributed by atoms with van der Waals surface area (Å²) >= 11 is 0. The highest BCUT2D eigenvalue weighted by molar-refractivity contribution is 5.87. The molecule has 0 spiro atoms. The summed E-state index contributed by atoms with van der Waals surface area (Å²) < 4.78 is 2.29. The molecule has 1 saturated heterocycles. The lowest BCUT2D eigenvalue weighted by atomic mass is 9.97. The molecular formula is C16H22N2. The fourth-order valence-corrected chi connectivity index (χ4v) is 3.40. The van der Waals surface area contributed by atoms with Crippen LogP contribution in [-0.4, -0.2) is 17.7 Å². The van der Waals surface area contributed by atoms with E-state index in [1.54, 1.807) is 0 Å². The van der Waals surface area contributed by atoms with Gasteiger partial charge in [0.1, 0.15) is 0 Å². The highest BCUT2D eigenvalue weighted by Crippen LogP contribution is 2.28. The van der Waals surface area contributed by atoms with E-state index < -0.39 is 0 Å². The molecule has 2 heteroatoms. The normalized spacial score (nSPS) is 19.8. The van der Waals surface area contributed by atoms with Crippen molar-refractivity contribution in [3.63, 3.8) is 0 Å². The van der Waals surface area contributed by atoms with E-state index in [-0.39, 0.29) is 0 Å². The van der Waals surface area contributed by atoms with Crippen molar-refractivity contribution >= 4 is 10.9 Å². The second-order valence-corrected chi connectivity index (χ2v) is 5.81. The maximum Gasteiger partial charge on any atom is 0.0510 e. The van der Waals surface area contributed by atoms with Gasteiger partial charge in [-0.2, -0.15) is 0 Å². The van der Waals surface area contributed by atoms with Gasteiger partial charge in [-0.15, -0.1) is 0 Å². The van der Waals surface area contributed by atoms with Gasteiger partial charge in [-0.25, -0.2) is 0 Å². The smallest absolute Gasteiger partial charge is 0.0510 e. The predicted octanol–water partition coefficient (Wildman–Crippen LogP) is 2.95. The Morgan fingerprint density at radius 2 is 2.17 bits per heavy atom. The van der Waals surface area contributed by atoms with Gasteiger partial charge in [-0.05, 0) is 62.9 Å². The van der Waals surface area contributed by atoms with Crippen LogP contribution in [0.1, 0.15) is 23.1 Å². The molecule has 1 atom stereocenters. The topological polar surface area (TPSA) is 17.0 Å². The molecule has 1 unspecified atom stereocenters. The number of aryl methyl sites for hydroxylation is 3. The first-order valence-electron chi connectivity index (χ1n) is 6.91. The monoisotopic (exact) mass is 242 g/mol. The van der Waals surface area contributed by atoms with Gasteiger partial charge >= 0.3 is 0 Å². The average molecular weight is 242 g/mol. The van der Waals surface area contributed by atoms with E-state index in [1.807, 2.05) is 0 Å². The summed E-state index contributed by atoms with van der Waals surface area (Å²) in [5, 5.41) is 4.92. The molecule has 0 radical (unpaired) electrons. The van der Waals surface area contributed by atoms with E-state index in [2.05, 4.69) is 49.1 Å². The molecule has 1 aromatic carbocycles. The van der Waals surface area contributed by atoms with Crippen LogP contribution in [0, 0.1) is 19.8 Å². The highest BCUT2D eigenvalue weighted by atomic mass is 14.9. The van der Waals surface area contributed by atoms with Crippen LogP contribution in [-0.2, 0) is 13.5 Å². The molecule has 96 valence electrons. The van der Waals surface area contributed by atoms with Gasteiger partial charge in [0.05, 0.1) is 5.52 Å². The van der Waals surface area contributed by atoms with Crippen LogP contribution in [0.15, 0.2) is 18.3 Å². The summed E-state index contributed by atoms with van der Waals surface area (Å²) in [6, 6.07) is 4.63. The van der Waals surface area contributed by atoms with Crippen molar-refractivity contribution in [2.24, 2.45) is 13.0 Å². The molecule has 2 heterocycles. The maximum atomic E-state index is 3.46. The minimum atomic E-state index is 0.816. The summed E-state index contributed by atoms with van der Waals surface area (Å²) in [6.45, 7) is 6.78. The second kappa shape index (κ2) is 4.43. The van der Waals surface area contributed by atoms with Gasteiger partial charge in [-0.3, -0.25) is 0 Å². The molecule has 1 fully saturated rings. The van der Waals surface area contributed by atoms with E-state index in [1.165, 1.54) is 53.5 Å². The summed E-state index contributed by atoms with van der Waals surface area (Å²) in [7, 11) is 2.17. The molecule has 1 aliphatic heterocycles. The summed E-state index contributed by atoms with van der Waals surface area (Å²) in [5.41, 5.74) is 5.69. The minimum absolute atomic E-state index is 0.816. The van der Waals surface area contributed by atoms with E-state index in [0.29, 0.717) is 0 Å². The number of fused-ring (bicyclic) bond motifs is 1. The largest absolute Gasteiger partial charge is 0.350 e. The van der Waals surface area contributed by atoms with Crippen LogP contribution in [0.4, 0.5) is 0 Å². The van der Waals surface area contributed by atoms with E-state index in [0.717, 1.165) is 5.92 Å². The van der Waals surface area contributed by atoms with Crippen molar-refractivity contribution in [1.82, 2.24) is 9.88 Å². The molecule has 18 heavy (non-hydrogen) atoms. The van der Waals surface area contributed by atoms with Gasteiger partial charge < -0.3 is 9.88 Å². The first kappa shape index (κ1) is 11.8. The van der Waals surface area contributed by atoms with Crippen molar-refractivity contribution in [2.75, 3.05) is 13.1 Å². The molecule has 1 aromatic heterocycles. The molecule has 0 amide bonds. The Hall–Kier alpha value is -1.28. The van der Waals surface area contributed by atoms with Crippen LogP contribution in [0.2, 0.25) is 0 Å². The number of rotatable bonds is 2. The van der Waals surface area contributed by atoms with Crippen LogP contribution < -0.4 is 5.32 Å². The Bertz CT molecular complexity index is 574. The van der Waals surface area contributed by atoms with Gasteiger partial charge in [0.25, 0.3) is 0 Å².